The molecule has 7 heteroatoms. The molecule has 0 bridgehead atoms. The molecule has 0 fully saturated rings. The van der Waals surface area contributed by atoms with Crippen LogP contribution in [0.2, 0.25) is 0 Å². The Kier molecular flexibility index (Phi) is 4.10. The number of phenols is 1. The van der Waals surface area contributed by atoms with E-state index < -0.39 is 10.0 Å². The van der Waals surface area contributed by atoms with Gasteiger partial charge < -0.3 is 5.11 Å². The van der Waals surface area contributed by atoms with Gasteiger partial charge in [-0.25, -0.2) is 13.1 Å². The van der Waals surface area contributed by atoms with Gasteiger partial charge in [0, 0.05) is 6.54 Å². The van der Waals surface area contributed by atoms with E-state index in [1.54, 1.807) is 38.1 Å². The highest BCUT2D eigenvalue weighted by Gasteiger charge is 2.21. The summed E-state index contributed by atoms with van der Waals surface area (Å²) in [6.45, 7) is 3.52. The number of sulfonamides is 1. The minimum atomic E-state index is -3.59. The van der Waals surface area contributed by atoms with Crippen LogP contribution in [0.1, 0.15) is 17.0 Å². The summed E-state index contributed by atoms with van der Waals surface area (Å²) >= 11 is 0. The molecule has 0 radical (unpaired) electrons. The Morgan fingerprint density at radius 2 is 2.00 bits per heavy atom. The molecule has 2 aromatic rings. The van der Waals surface area contributed by atoms with Crippen LogP contribution in [0, 0.1) is 13.8 Å². The maximum Gasteiger partial charge on any atom is 0.244 e. The molecule has 0 aliphatic rings. The lowest BCUT2D eigenvalue weighted by molar-refractivity contribution is 0.467. The van der Waals surface area contributed by atoms with Crippen LogP contribution in [0.4, 0.5) is 0 Å². The number of phenolic OH excluding ortho intramolecular Hbond substituents is 1. The van der Waals surface area contributed by atoms with Crippen molar-refractivity contribution in [3.63, 3.8) is 0 Å². The molecule has 0 unspecified atom stereocenters. The third kappa shape index (κ3) is 3.00. The number of rotatable bonds is 5. The first-order valence-corrected chi connectivity index (χ1v) is 7.68. The highest BCUT2D eigenvalue weighted by molar-refractivity contribution is 7.89. The fraction of sp³-hybridized carbons (Fsp3) is 0.308. The molecule has 108 valence electrons. The van der Waals surface area contributed by atoms with Crippen LogP contribution >= 0.6 is 0 Å². The van der Waals surface area contributed by atoms with Crippen LogP contribution in [-0.4, -0.2) is 30.3 Å². The summed E-state index contributed by atoms with van der Waals surface area (Å²) < 4.78 is 26.9. The van der Waals surface area contributed by atoms with Crippen LogP contribution in [0.5, 0.6) is 5.75 Å². The number of hydrogen-bond donors (Lipinski definition) is 3. The number of aromatic amines is 1. The van der Waals surface area contributed by atoms with E-state index >= 15 is 0 Å². The second kappa shape index (κ2) is 5.64. The Balaban J connectivity index is 2.06. The first kappa shape index (κ1) is 14.5. The molecule has 1 aromatic heterocycles. The van der Waals surface area contributed by atoms with E-state index in [0.717, 1.165) is 0 Å². The van der Waals surface area contributed by atoms with Crippen LogP contribution < -0.4 is 4.72 Å². The third-order valence-corrected chi connectivity index (χ3v) is 4.73. The van der Waals surface area contributed by atoms with Crippen molar-refractivity contribution in [2.24, 2.45) is 0 Å². The molecule has 0 atom stereocenters. The van der Waals surface area contributed by atoms with Crippen molar-refractivity contribution >= 4 is 10.0 Å². The predicted molar refractivity (Wildman–Crippen MR) is 75.1 cm³/mol. The summed E-state index contributed by atoms with van der Waals surface area (Å²) in [6.07, 6.45) is 0.419. The van der Waals surface area contributed by atoms with Crippen molar-refractivity contribution in [2.75, 3.05) is 6.54 Å². The van der Waals surface area contributed by atoms with Gasteiger partial charge in [-0.2, -0.15) is 5.10 Å². The van der Waals surface area contributed by atoms with Crippen molar-refractivity contribution in [3.8, 4) is 5.75 Å². The predicted octanol–water partition coefficient (Wildman–Crippen LogP) is 1.25. The number of aryl methyl sites for hydroxylation is 2. The Bertz CT molecular complexity index is 688. The topological polar surface area (TPSA) is 95.1 Å². The summed E-state index contributed by atoms with van der Waals surface area (Å²) in [5, 5.41) is 16.1. The largest absolute Gasteiger partial charge is 0.508 e. The molecule has 1 heterocycles. The van der Waals surface area contributed by atoms with Crippen molar-refractivity contribution in [2.45, 2.75) is 25.2 Å². The van der Waals surface area contributed by atoms with E-state index in [0.29, 0.717) is 23.4 Å². The molecule has 20 heavy (non-hydrogen) atoms. The molecule has 0 spiro atoms. The maximum absolute atomic E-state index is 12.2. The second-order valence-corrected chi connectivity index (χ2v) is 6.24. The van der Waals surface area contributed by atoms with Crippen molar-refractivity contribution in [1.82, 2.24) is 14.9 Å². The molecule has 0 aliphatic heterocycles. The lowest BCUT2D eigenvalue weighted by Gasteiger charge is -2.08. The molecule has 6 nitrogen and oxygen atoms in total. The minimum Gasteiger partial charge on any atom is -0.508 e. The number of nitrogens with zero attached hydrogens (tertiary/aromatic N) is 1. The van der Waals surface area contributed by atoms with Gasteiger partial charge in [-0.3, -0.25) is 5.10 Å². The van der Waals surface area contributed by atoms with Gasteiger partial charge in [0.15, 0.2) is 0 Å². The Labute approximate surface area is 117 Å². The Hall–Kier alpha value is -1.86. The third-order valence-electron chi connectivity index (χ3n) is 3.01. The zero-order valence-corrected chi connectivity index (χ0v) is 12.2. The van der Waals surface area contributed by atoms with Crippen LogP contribution in [-0.2, 0) is 16.4 Å². The van der Waals surface area contributed by atoms with E-state index in [2.05, 4.69) is 14.9 Å². The lowest BCUT2D eigenvalue weighted by atomic mass is 10.1. The van der Waals surface area contributed by atoms with E-state index in [-0.39, 0.29) is 17.2 Å². The molecular formula is C13H17N3O3S. The quantitative estimate of drug-likeness (QED) is 0.773. The van der Waals surface area contributed by atoms with E-state index in [9.17, 15) is 13.5 Å². The number of nitrogens with one attached hydrogen (secondary N) is 2. The van der Waals surface area contributed by atoms with Crippen LogP contribution in [0.25, 0.3) is 0 Å². The zero-order chi connectivity index (χ0) is 14.8. The first-order chi connectivity index (χ1) is 9.42. The molecule has 0 amide bonds. The fourth-order valence-corrected chi connectivity index (χ4v) is 3.45. The smallest absolute Gasteiger partial charge is 0.244 e. The number of H-pyrrole nitrogens is 1. The summed E-state index contributed by atoms with van der Waals surface area (Å²) in [6, 6.07) is 6.86. The molecule has 1 aromatic carbocycles. The summed E-state index contributed by atoms with van der Waals surface area (Å²) in [4.78, 5) is 0.190. The fourth-order valence-electron chi connectivity index (χ4n) is 2.05. The number of hydrogen-bond acceptors (Lipinski definition) is 4. The molecule has 3 N–H and O–H groups in total. The lowest BCUT2D eigenvalue weighted by Crippen LogP contribution is -2.26. The minimum absolute atomic E-state index is 0.169. The van der Waals surface area contributed by atoms with Gasteiger partial charge in [0.25, 0.3) is 0 Å². The van der Waals surface area contributed by atoms with Gasteiger partial charge in [0.05, 0.1) is 11.4 Å². The number of aromatic nitrogens is 2. The molecule has 0 saturated heterocycles. The van der Waals surface area contributed by atoms with Crippen LogP contribution in [0.15, 0.2) is 29.2 Å². The van der Waals surface area contributed by atoms with Gasteiger partial charge in [0.1, 0.15) is 10.6 Å². The highest BCUT2D eigenvalue weighted by Crippen LogP contribution is 2.18. The second-order valence-electron chi connectivity index (χ2n) is 4.54. The monoisotopic (exact) mass is 295 g/mol. The molecule has 0 aliphatic carbocycles. The van der Waals surface area contributed by atoms with Crippen LogP contribution in [0.3, 0.4) is 0 Å². The van der Waals surface area contributed by atoms with Crippen molar-refractivity contribution in [1.29, 1.82) is 0 Å². The van der Waals surface area contributed by atoms with Crippen molar-refractivity contribution in [3.05, 3.63) is 41.2 Å². The summed E-state index contributed by atoms with van der Waals surface area (Å²) in [5.41, 5.74) is 1.66. The SMILES string of the molecule is Cc1n[nH]c(C)c1S(=O)(=O)NCCc1ccccc1O. The van der Waals surface area contributed by atoms with E-state index in [1.807, 2.05) is 0 Å². The highest BCUT2D eigenvalue weighted by atomic mass is 32.2. The Morgan fingerprint density at radius 1 is 1.30 bits per heavy atom. The van der Waals surface area contributed by atoms with Gasteiger partial charge in [-0.1, -0.05) is 18.2 Å². The van der Waals surface area contributed by atoms with Gasteiger partial charge in [-0.15, -0.1) is 0 Å². The van der Waals surface area contributed by atoms with E-state index in [1.165, 1.54) is 0 Å². The maximum atomic E-state index is 12.2. The average molecular weight is 295 g/mol. The number of benzene rings is 1. The van der Waals surface area contributed by atoms with E-state index in [4.69, 9.17) is 0 Å². The summed E-state index contributed by atoms with van der Waals surface area (Å²) in [5.74, 6) is 0.169. The molecule has 2 rings (SSSR count). The average Bonchev–Trinajstić information content (AvgIpc) is 2.72. The van der Waals surface area contributed by atoms with Gasteiger partial charge in [-0.05, 0) is 31.9 Å². The Morgan fingerprint density at radius 3 is 2.60 bits per heavy atom. The molecular weight excluding hydrogens is 278 g/mol. The van der Waals surface area contributed by atoms with Gasteiger partial charge in [0.2, 0.25) is 10.0 Å². The standard InChI is InChI=1S/C13H17N3O3S/c1-9-13(10(2)16-15-9)20(18,19)14-8-7-11-5-3-4-6-12(11)17/h3-6,14,17H,7-8H2,1-2H3,(H,15,16). The first-order valence-electron chi connectivity index (χ1n) is 6.20. The van der Waals surface area contributed by atoms with Gasteiger partial charge >= 0.3 is 0 Å². The molecule has 0 saturated carbocycles. The normalized spacial score (nSPS) is 11.7. The number of para-hydroxylation sites is 1. The number of aromatic hydroxyl groups is 1. The zero-order valence-electron chi connectivity index (χ0n) is 11.3. The summed E-state index contributed by atoms with van der Waals surface area (Å²) in [7, 11) is -3.59. The van der Waals surface area contributed by atoms with Crippen molar-refractivity contribution < 1.29 is 13.5 Å².